The molecule has 4 rings (SSSR count). The normalized spacial score (nSPS) is 11.8. The van der Waals surface area contributed by atoms with Crippen LogP contribution in [0.5, 0.6) is 0 Å². The number of aryl methyl sites for hydroxylation is 1. The summed E-state index contributed by atoms with van der Waals surface area (Å²) in [4.78, 5) is 42.0. The van der Waals surface area contributed by atoms with Gasteiger partial charge in [0, 0.05) is 11.8 Å². The fraction of sp³-hybridized carbons (Fsp3) is 0.208. The van der Waals surface area contributed by atoms with E-state index >= 15 is 0 Å². The zero-order valence-corrected chi connectivity index (χ0v) is 19.0. The predicted octanol–water partition coefficient (Wildman–Crippen LogP) is 3.95. The third-order valence-electron chi connectivity index (χ3n) is 5.07. The van der Waals surface area contributed by atoms with Crippen LogP contribution in [0.25, 0.3) is 4.96 Å². The number of ether oxygens (including phenoxy) is 1. The van der Waals surface area contributed by atoms with Crippen molar-refractivity contribution in [3.05, 3.63) is 92.8 Å². The first-order valence-corrected chi connectivity index (χ1v) is 11.3. The highest BCUT2D eigenvalue weighted by molar-refractivity contribution is 7.16. The highest BCUT2D eigenvalue weighted by Gasteiger charge is 2.19. The van der Waals surface area contributed by atoms with Crippen LogP contribution >= 0.6 is 11.3 Å². The summed E-state index contributed by atoms with van der Waals surface area (Å²) in [5.74, 6) is -0.914. The molecule has 4 aromatic rings. The molecule has 2 aromatic carbocycles. The maximum Gasteiger partial charge on any atom is 0.338 e. The van der Waals surface area contributed by atoms with Crippen LogP contribution in [0.1, 0.15) is 45.9 Å². The van der Waals surface area contributed by atoms with Gasteiger partial charge >= 0.3 is 5.97 Å². The van der Waals surface area contributed by atoms with E-state index in [1.807, 2.05) is 37.3 Å². The first-order chi connectivity index (χ1) is 15.9. The summed E-state index contributed by atoms with van der Waals surface area (Å²) in [6.45, 7) is 3.62. The summed E-state index contributed by atoms with van der Waals surface area (Å²) >= 11 is 1.29. The third-order valence-corrected chi connectivity index (χ3v) is 5.89. The molecule has 0 spiro atoms. The van der Waals surface area contributed by atoms with Crippen LogP contribution in [-0.4, -0.2) is 26.5 Å². The molecule has 1 atom stereocenters. The summed E-state index contributed by atoms with van der Waals surface area (Å²) < 4.78 is 6.53. The van der Waals surface area contributed by atoms with E-state index in [0.29, 0.717) is 28.3 Å². The van der Waals surface area contributed by atoms with Gasteiger partial charge in [0.2, 0.25) is 10.9 Å². The molecule has 0 aliphatic heterocycles. The first-order valence-electron chi connectivity index (χ1n) is 10.4. The Balaban J connectivity index is 1.38. The number of fused-ring (bicyclic) bond motifs is 1. The maximum atomic E-state index is 12.7. The first kappa shape index (κ1) is 22.3. The molecule has 2 heterocycles. The van der Waals surface area contributed by atoms with Crippen LogP contribution in [0.3, 0.4) is 0 Å². The zero-order valence-electron chi connectivity index (χ0n) is 18.1. The number of carbonyl (C=O) groups is 2. The maximum absolute atomic E-state index is 12.7. The summed E-state index contributed by atoms with van der Waals surface area (Å²) in [6.07, 6.45) is 0.671. The smallest absolute Gasteiger partial charge is 0.338 e. The molecule has 9 heteroatoms. The Hall–Kier alpha value is -3.85. The predicted molar refractivity (Wildman–Crippen MR) is 126 cm³/mol. The van der Waals surface area contributed by atoms with Crippen molar-refractivity contribution in [1.82, 2.24) is 14.6 Å². The fourth-order valence-corrected chi connectivity index (χ4v) is 4.19. The van der Waals surface area contributed by atoms with E-state index in [2.05, 4.69) is 15.4 Å². The van der Waals surface area contributed by atoms with E-state index in [1.165, 1.54) is 21.9 Å². The van der Waals surface area contributed by atoms with Crippen molar-refractivity contribution >= 4 is 33.9 Å². The molecular formula is C24H22N4O4S. The minimum Gasteiger partial charge on any atom is -0.456 e. The van der Waals surface area contributed by atoms with E-state index in [1.54, 1.807) is 31.2 Å². The SMILES string of the molecule is CCC(C(=O)Nc1ccc(C(=O)OCc2cc(=O)n3nc(C)sc3n2)cc1)c1ccccc1. The van der Waals surface area contributed by atoms with Crippen molar-refractivity contribution < 1.29 is 14.3 Å². The van der Waals surface area contributed by atoms with Gasteiger partial charge in [0.15, 0.2) is 0 Å². The van der Waals surface area contributed by atoms with Gasteiger partial charge in [-0.15, -0.1) is 0 Å². The second-order valence-corrected chi connectivity index (χ2v) is 8.58. The number of hydrogen-bond acceptors (Lipinski definition) is 7. The Morgan fingerprint density at radius 3 is 2.55 bits per heavy atom. The topological polar surface area (TPSA) is 103 Å². The van der Waals surface area contributed by atoms with Crippen LogP contribution in [0, 0.1) is 6.92 Å². The minimum absolute atomic E-state index is 0.106. The van der Waals surface area contributed by atoms with E-state index in [0.717, 1.165) is 10.6 Å². The van der Waals surface area contributed by atoms with Crippen molar-refractivity contribution in [3.63, 3.8) is 0 Å². The average molecular weight is 463 g/mol. The number of carbonyl (C=O) groups excluding carboxylic acids is 2. The summed E-state index contributed by atoms with van der Waals surface area (Å²) in [7, 11) is 0. The highest BCUT2D eigenvalue weighted by atomic mass is 32.1. The molecular weight excluding hydrogens is 440 g/mol. The molecule has 0 saturated carbocycles. The van der Waals surface area contributed by atoms with Gasteiger partial charge in [0.1, 0.15) is 11.6 Å². The van der Waals surface area contributed by atoms with E-state index in [9.17, 15) is 14.4 Å². The number of nitrogens with zero attached hydrogens (tertiary/aromatic N) is 3. The van der Waals surface area contributed by atoms with Gasteiger partial charge in [-0.05, 0) is 43.2 Å². The van der Waals surface area contributed by atoms with Crippen LogP contribution in [0.2, 0.25) is 0 Å². The van der Waals surface area contributed by atoms with Gasteiger partial charge in [-0.2, -0.15) is 9.61 Å². The number of amides is 1. The number of anilines is 1. The van der Waals surface area contributed by atoms with Gasteiger partial charge < -0.3 is 10.1 Å². The highest BCUT2D eigenvalue weighted by Crippen LogP contribution is 2.22. The fourth-order valence-electron chi connectivity index (χ4n) is 3.43. The Morgan fingerprint density at radius 2 is 1.85 bits per heavy atom. The molecule has 1 N–H and O–H groups in total. The summed E-state index contributed by atoms with van der Waals surface area (Å²) in [6, 6.07) is 17.4. The second-order valence-electron chi connectivity index (χ2n) is 7.42. The van der Waals surface area contributed by atoms with Crippen molar-refractivity contribution in [2.75, 3.05) is 5.32 Å². The number of esters is 1. The van der Waals surface area contributed by atoms with Gasteiger partial charge in [0.25, 0.3) is 5.56 Å². The molecule has 1 amide bonds. The molecule has 8 nitrogen and oxygen atoms in total. The van der Waals surface area contributed by atoms with E-state index < -0.39 is 5.97 Å². The zero-order chi connectivity index (χ0) is 23.4. The van der Waals surface area contributed by atoms with Crippen LogP contribution in [0.15, 0.2) is 65.5 Å². The third kappa shape index (κ3) is 5.15. The molecule has 0 aliphatic carbocycles. The Bertz CT molecular complexity index is 1350. The number of benzene rings is 2. The van der Waals surface area contributed by atoms with Crippen LogP contribution in [0.4, 0.5) is 5.69 Å². The number of nitrogens with one attached hydrogen (secondary N) is 1. The lowest BCUT2D eigenvalue weighted by molar-refractivity contribution is -0.117. The van der Waals surface area contributed by atoms with Gasteiger partial charge in [-0.3, -0.25) is 9.59 Å². The number of hydrogen-bond donors (Lipinski definition) is 1. The van der Waals surface area contributed by atoms with E-state index in [4.69, 9.17) is 4.74 Å². The van der Waals surface area contributed by atoms with Crippen LogP contribution < -0.4 is 10.9 Å². The Labute approximate surface area is 193 Å². The lowest BCUT2D eigenvalue weighted by Crippen LogP contribution is -2.20. The van der Waals surface area contributed by atoms with Gasteiger partial charge in [0.05, 0.1) is 17.2 Å². The van der Waals surface area contributed by atoms with Crippen LogP contribution in [-0.2, 0) is 16.1 Å². The van der Waals surface area contributed by atoms with Crippen molar-refractivity contribution in [1.29, 1.82) is 0 Å². The summed E-state index contributed by atoms with van der Waals surface area (Å²) in [5, 5.41) is 7.70. The lowest BCUT2D eigenvalue weighted by atomic mass is 9.95. The molecule has 0 aliphatic rings. The number of aromatic nitrogens is 3. The quantitative estimate of drug-likeness (QED) is 0.417. The van der Waals surface area contributed by atoms with E-state index in [-0.39, 0.29) is 24.0 Å². The van der Waals surface area contributed by atoms with Crippen molar-refractivity contribution in [2.45, 2.75) is 32.8 Å². The molecule has 0 saturated heterocycles. The molecule has 2 aromatic heterocycles. The molecule has 0 radical (unpaired) electrons. The molecule has 33 heavy (non-hydrogen) atoms. The lowest BCUT2D eigenvalue weighted by Gasteiger charge is -2.15. The molecule has 0 bridgehead atoms. The Morgan fingerprint density at radius 1 is 1.12 bits per heavy atom. The van der Waals surface area contributed by atoms with Crippen molar-refractivity contribution in [2.24, 2.45) is 0 Å². The van der Waals surface area contributed by atoms with Gasteiger partial charge in [-0.1, -0.05) is 48.6 Å². The number of rotatable bonds is 7. The van der Waals surface area contributed by atoms with Gasteiger partial charge in [-0.25, -0.2) is 9.78 Å². The summed E-state index contributed by atoms with van der Waals surface area (Å²) in [5.41, 5.74) is 1.91. The van der Waals surface area contributed by atoms with Crippen molar-refractivity contribution in [3.8, 4) is 0 Å². The standard InChI is InChI=1S/C24H22N4O4S/c1-3-20(16-7-5-4-6-8-16)22(30)25-18-11-9-17(10-12-18)23(31)32-14-19-13-21(29)28-24(26-19)33-15(2)27-28/h4-13,20H,3,14H2,1-2H3,(H,25,30). The monoisotopic (exact) mass is 462 g/mol. The molecule has 168 valence electrons. The largest absolute Gasteiger partial charge is 0.456 e. The molecule has 1 unspecified atom stereocenters. The Kier molecular flexibility index (Phi) is 6.60. The molecule has 0 fully saturated rings. The average Bonchev–Trinajstić information content (AvgIpc) is 3.20. The minimum atomic E-state index is -0.550. The second kappa shape index (κ2) is 9.74.